The van der Waals surface area contributed by atoms with E-state index in [9.17, 15) is 8.42 Å². The van der Waals surface area contributed by atoms with Gasteiger partial charge in [0.05, 0.1) is 11.4 Å². The molecular formula is C12H25N5O2S. The first-order chi connectivity index (χ1) is 9.36. The highest BCUT2D eigenvalue weighted by molar-refractivity contribution is 7.90. The van der Waals surface area contributed by atoms with Crippen molar-refractivity contribution in [2.45, 2.75) is 26.7 Å². The zero-order chi connectivity index (χ0) is 15.2. The van der Waals surface area contributed by atoms with Crippen LogP contribution >= 0.6 is 0 Å². The second-order valence-corrected chi connectivity index (χ2v) is 6.61. The third-order valence-electron chi connectivity index (χ3n) is 2.92. The normalized spacial score (nSPS) is 12.1. The van der Waals surface area contributed by atoms with Crippen LogP contribution in [0.3, 0.4) is 0 Å². The van der Waals surface area contributed by atoms with E-state index in [4.69, 9.17) is 0 Å². The van der Waals surface area contributed by atoms with Gasteiger partial charge in [-0.1, -0.05) is 6.92 Å². The monoisotopic (exact) mass is 303 g/mol. The van der Waals surface area contributed by atoms with Gasteiger partial charge in [-0.3, -0.25) is 9.40 Å². The van der Waals surface area contributed by atoms with Crippen LogP contribution in [0.2, 0.25) is 0 Å². The van der Waals surface area contributed by atoms with Gasteiger partial charge in [0.15, 0.2) is 0 Å². The minimum Gasteiger partial charge on any atom is -0.317 e. The second-order valence-electron chi connectivity index (χ2n) is 4.83. The molecule has 20 heavy (non-hydrogen) atoms. The van der Waals surface area contributed by atoms with Crippen LogP contribution < -0.4 is 10.0 Å². The largest absolute Gasteiger partial charge is 0.317 e. The number of hydrogen-bond donors (Lipinski definition) is 2. The second kappa shape index (κ2) is 7.61. The molecule has 0 spiro atoms. The van der Waals surface area contributed by atoms with Crippen LogP contribution in [-0.2, 0) is 17.3 Å². The van der Waals surface area contributed by atoms with E-state index < -0.39 is 10.2 Å². The summed E-state index contributed by atoms with van der Waals surface area (Å²) in [5, 5.41) is 7.36. The van der Waals surface area contributed by atoms with Crippen LogP contribution in [0, 0.1) is 6.92 Å². The zero-order valence-electron chi connectivity index (χ0n) is 12.7. The molecule has 0 amide bonds. The van der Waals surface area contributed by atoms with Crippen molar-refractivity contribution in [3.63, 3.8) is 0 Å². The van der Waals surface area contributed by atoms with Gasteiger partial charge in [-0.2, -0.15) is 17.8 Å². The third kappa shape index (κ3) is 5.10. The molecule has 0 aromatic carbocycles. The molecular weight excluding hydrogens is 278 g/mol. The molecule has 1 rings (SSSR count). The number of hydrogen-bond acceptors (Lipinski definition) is 4. The maximum absolute atomic E-state index is 12.1. The SMILES string of the molecule is CCCNCCCN(C)S(=O)(=O)Nc1cn(C)nc1C. The van der Waals surface area contributed by atoms with E-state index >= 15 is 0 Å². The number of anilines is 1. The molecule has 116 valence electrons. The van der Waals surface area contributed by atoms with Crippen LogP contribution in [0.25, 0.3) is 0 Å². The Bertz CT molecular complexity index is 512. The van der Waals surface area contributed by atoms with Crippen molar-refractivity contribution in [1.29, 1.82) is 0 Å². The van der Waals surface area contributed by atoms with E-state index in [0.717, 1.165) is 25.9 Å². The fourth-order valence-corrected chi connectivity index (χ4v) is 2.77. The summed E-state index contributed by atoms with van der Waals surface area (Å²) in [4.78, 5) is 0. The highest BCUT2D eigenvalue weighted by Crippen LogP contribution is 2.14. The first kappa shape index (κ1) is 16.9. The lowest BCUT2D eigenvalue weighted by Gasteiger charge is -2.18. The molecule has 7 nitrogen and oxygen atoms in total. The Morgan fingerprint density at radius 3 is 2.65 bits per heavy atom. The zero-order valence-corrected chi connectivity index (χ0v) is 13.5. The number of aromatic nitrogens is 2. The van der Waals surface area contributed by atoms with Gasteiger partial charge in [-0.05, 0) is 32.9 Å². The summed E-state index contributed by atoms with van der Waals surface area (Å²) in [5.74, 6) is 0. The molecule has 8 heteroatoms. The topological polar surface area (TPSA) is 79.3 Å². The quantitative estimate of drug-likeness (QED) is 0.658. The summed E-state index contributed by atoms with van der Waals surface area (Å²) in [6.07, 6.45) is 3.52. The highest BCUT2D eigenvalue weighted by atomic mass is 32.2. The van der Waals surface area contributed by atoms with Crippen LogP contribution in [0.1, 0.15) is 25.5 Å². The molecule has 0 atom stereocenters. The minimum atomic E-state index is -3.51. The van der Waals surface area contributed by atoms with Crippen molar-refractivity contribution >= 4 is 15.9 Å². The van der Waals surface area contributed by atoms with Gasteiger partial charge in [-0.15, -0.1) is 0 Å². The molecule has 2 N–H and O–H groups in total. The van der Waals surface area contributed by atoms with E-state index in [2.05, 4.69) is 22.1 Å². The Kier molecular flexibility index (Phi) is 6.44. The Morgan fingerprint density at radius 1 is 1.40 bits per heavy atom. The van der Waals surface area contributed by atoms with Gasteiger partial charge in [0.2, 0.25) is 0 Å². The smallest absolute Gasteiger partial charge is 0.301 e. The average Bonchev–Trinajstić information content (AvgIpc) is 2.66. The van der Waals surface area contributed by atoms with Crippen LogP contribution in [0.4, 0.5) is 5.69 Å². The minimum absolute atomic E-state index is 0.478. The maximum atomic E-state index is 12.1. The van der Waals surface area contributed by atoms with Gasteiger partial charge in [-0.25, -0.2) is 0 Å². The summed E-state index contributed by atoms with van der Waals surface area (Å²) >= 11 is 0. The van der Waals surface area contributed by atoms with Crippen molar-refractivity contribution in [2.24, 2.45) is 7.05 Å². The number of rotatable bonds is 9. The molecule has 0 aliphatic rings. The molecule has 0 saturated carbocycles. The van der Waals surface area contributed by atoms with Gasteiger partial charge >= 0.3 is 10.2 Å². The van der Waals surface area contributed by atoms with E-state index in [-0.39, 0.29) is 0 Å². The van der Waals surface area contributed by atoms with Gasteiger partial charge in [0, 0.05) is 26.8 Å². The fraction of sp³-hybridized carbons (Fsp3) is 0.750. The summed E-state index contributed by atoms with van der Waals surface area (Å²) in [7, 11) is -0.178. The number of nitrogens with zero attached hydrogens (tertiary/aromatic N) is 3. The molecule has 0 saturated heterocycles. The molecule has 1 aromatic heterocycles. The van der Waals surface area contributed by atoms with Crippen molar-refractivity contribution in [2.75, 3.05) is 31.4 Å². The standard InChI is InChI=1S/C12H25N5O2S/c1-5-7-13-8-6-9-17(4)20(18,19)15-12-10-16(3)14-11(12)2/h10,13,15H,5-9H2,1-4H3. The molecule has 0 aliphatic carbocycles. The molecule has 0 radical (unpaired) electrons. The van der Waals surface area contributed by atoms with Gasteiger partial charge < -0.3 is 5.32 Å². The fourth-order valence-electron chi connectivity index (χ4n) is 1.77. The highest BCUT2D eigenvalue weighted by Gasteiger charge is 2.18. The van der Waals surface area contributed by atoms with Crippen LogP contribution in [0.5, 0.6) is 0 Å². The third-order valence-corrected chi connectivity index (χ3v) is 4.40. The van der Waals surface area contributed by atoms with Crippen molar-refractivity contribution in [3.8, 4) is 0 Å². The molecule has 1 heterocycles. The number of nitrogens with one attached hydrogen (secondary N) is 2. The molecule has 0 fully saturated rings. The number of aryl methyl sites for hydroxylation is 2. The predicted octanol–water partition coefficient (Wildman–Crippen LogP) is 0.707. The Balaban J connectivity index is 2.49. The van der Waals surface area contributed by atoms with Crippen LogP contribution in [-0.4, -0.2) is 49.2 Å². The Morgan fingerprint density at radius 2 is 2.10 bits per heavy atom. The van der Waals surface area contributed by atoms with Crippen molar-refractivity contribution in [1.82, 2.24) is 19.4 Å². The Labute approximate surface area is 121 Å². The maximum Gasteiger partial charge on any atom is 0.301 e. The molecule has 1 aromatic rings. The Hall–Kier alpha value is -1.12. The lowest BCUT2D eigenvalue weighted by Crippen LogP contribution is -2.34. The summed E-state index contributed by atoms with van der Waals surface area (Å²) in [6, 6.07) is 0. The molecule has 0 aliphatic heterocycles. The predicted molar refractivity (Wildman–Crippen MR) is 80.9 cm³/mol. The summed E-state index contributed by atoms with van der Waals surface area (Å²) < 4.78 is 29.7. The lowest BCUT2D eigenvalue weighted by molar-refractivity contribution is 0.458. The first-order valence-corrected chi connectivity index (χ1v) is 8.26. The van der Waals surface area contributed by atoms with E-state index in [1.807, 2.05) is 0 Å². The molecule has 0 unspecified atom stereocenters. The van der Waals surface area contributed by atoms with E-state index in [1.54, 1.807) is 31.9 Å². The molecule has 0 bridgehead atoms. The summed E-state index contributed by atoms with van der Waals surface area (Å²) in [5.41, 5.74) is 1.18. The van der Waals surface area contributed by atoms with Gasteiger partial charge in [0.1, 0.15) is 0 Å². The lowest BCUT2D eigenvalue weighted by atomic mass is 10.4. The first-order valence-electron chi connectivity index (χ1n) is 6.82. The van der Waals surface area contributed by atoms with Gasteiger partial charge in [0.25, 0.3) is 0 Å². The van der Waals surface area contributed by atoms with Crippen molar-refractivity contribution in [3.05, 3.63) is 11.9 Å². The van der Waals surface area contributed by atoms with E-state index in [1.165, 1.54) is 4.31 Å². The van der Waals surface area contributed by atoms with Crippen LogP contribution in [0.15, 0.2) is 6.20 Å². The average molecular weight is 303 g/mol. The summed E-state index contributed by atoms with van der Waals surface area (Å²) in [6.45, 7) is 6.13. The van der Waals surface area contributed by atoms with Crippen molar-refractivity contribution < 1.29 is 8.42 Å². The van der Waals surface area contributed by atoms with E-state index in [0.29, 0.717) is 17.9 Å².